The molecule has 0 radical (unpaired) electrons. The van der Waals surface area contributed by atoms with Gasteiger partial charge in [-0.05, 0) is 26.0 Å². The van der Waals surface area contributed by atoms with Gasteiger partial charge in [-0.25, -0.2) is 17.6 Å². The SMILES string of the molecule is Cc1cc(C(=O)NNC(=O)c2cc(F)c(F)c(F)c2F)c(C)o1. The highest BCUT2D eigenvalue weighted by Crippen LogP contribution is 2.18. The molecule has 0 saturated heterocycles. The van der Waals surface area contributed by atoms with Crippen molar-refractivity contribution in [3.05, 3.63) is 58.0 Å². The van der Waals surface area contributed by atoms with Crippen molar-refractivity contribution in [2.24, 2.45) is 0 Å². The zero-order valence-corrected chi connectivity index (χ0v) is 11.9. The van der Waals surface area contributed by atoms with Crippen LogP contribution in [0.1, 0.15) is 32.2 Å². The van der Waals surface area contributed by atoms with Crippen LogP contribution in [0.3, 0.4) is 0 Å². The van der Waals surface area contributed by atoms with E-state index in [4.69, 9.17) is 4.42 Å². The fourth-order valence-electron chi connectivity index (χ4n) is 1.84. The lowest BCUT2D eigenvalue weighted by molar-refractivity contribution is 0.0842. The quantitative estimate of drug-likeness (QED) is 0.385. The number of aryl methyl sites for hydroxylation is 2. The van der Waals surface area contributed by atoms with Crippen LogP contribution >= 0.6 is 0 Å². The van der Waals surface area contributed by atoms with Crippen molar-refractivity contribution in [1.29, 1.82) is 0 Å². The molecule has 122 valence electrons. The molecular formula is C14H10F4N2O3. The Morgan fingerprint density at radius 1 is 0.870 bits per heavy atom. The minimum atomic E-state index is -2.12. The van der Waals surface area contributed by atoms with Gasteiger partial charge < -0.3 is 4.42 Å². The minimum Gasteiger partial charge on any atom is -0.466 e. The number of carbonyl (C=O) groups is 2. The van der Waals surface area contributed by atoms with E-state index in [1.807, 2.05) is 5.43 Å². The minimum absolute atomic E-state index is 0.111. The molecule has 2 aromatic rings. The molecule has 0 atom stereocenters. The van der Waals surface area contributed by atoms with Gasteiger partial charge >= 0.3 is 0 Å². The normalized spacial score (nSPS) is 10.5. The maximum atomic E-state index is 13.4. The molecule has 2 rings (SSSR count). The fraction of sp³-hybridized carbons (Fsp3) is 0.143. The van der Waals surface area contributed by atoms with Gasteiger partial charge in [0, 0.05) is 0 Å². The number of benzene rings is 1. The molecule has 2 amide bonds. The Kier molecular flexibility index (Phi) is 4.39. The molecule has 0 aliphatic carbocycles. The second kappa shape index (κ2) is 6.11. The molecule has 1 aromatic carbocycles. The van der Waals surface area contributed by atoms with Crippen LogP contribution in [0, 0.1) is 37.1 Å². The molecule has 0 fully saturated rings. The van der Waals surface area contributed by atoms with E-state index in [0.29, 0.717) is 5.76 Å². The lowest BCUT2D eigenvalue weighted by atomic mass is 10.2. The number of hydrogen-bond donors (Lipinski definition) is 2. The fourth-order valence-corrected chi connectivity index (χ4v) is 1.84. The number of furan rings is 1. The number of rotatable bonds is 2. The molecule has 1 heterocycles. The highest BCUT2D eigenvalue weighted by Gasteiger charge is 2.23. The van der Waals surface area contributed by atoms with Crippen molar-refractivity contribution in [3.63, 3.8) is 0 Å². The highest BCUT2D eigenvalue weighted by molar-refractivity contribution is 5.99. The Balaban J connectivity index is 2.14. The van der Waals surface area contributed by atoms with Crippen LogP contribution in [0.4, 0.5) is 17.6 Å². The van der Waals surface area contributed by atoms with E-state index in [-0.39, 0.29) is 17.4 Å². The first-order chi connectivity index (χ1) is 10.7. The predicted molar refractivity (Wildman–Crippen MR) is 69.4 cm³/mol. The summed E-state index contributed by atoms with van der Waals surface area (Å²) in [5.74, 6) is -9.17. The van der Waals surface area contributed by atoms with Crippen LogP contribution in [0.15, 0.2) is 16.5 Å². The number of nitrogens with one attached hydrogen (secondary N) is 2. The third-order valence-electron chi connectivity index (χ3n) is 2.92. The summed E-state index contributed by atoms with van der Waals surface area (Å²) in [6.45, 7) is 3.11. The van der Waals surface area contributed by atoms with Crippen LogP contribution < -0.4 is 10.9 Å². The Labute approximate surface area is 127 Å². The summed E-state index contributed by atoms with van der Waals surface area (Å²) in [5, 5.41) is 0. The molecular weight excluding hydrogens is 320 g/mol. The van der Waals surface area contributed by atoms with Crippen LogP contribution in [0.5, 0.6) is 0 Å². The van der Waals surface area contributed by atoms with Crippen molar-refractivity contribution in [3.8, 4) is 0 Å². The Morgan fingerprint density at radius 3 is 1.96 bits per heavy atom. The van der Waals surface area contributed by atoms with Crippen molar-refractivity contribution >= 4 is 11.8 Å². The van der Waals surface area contributed by atoms with Gasteiger partial charge in [-0.15, -0.1) is 0 Å². The monoisotopic (exact) mass is 330 g/mol. The number of hydrogen-bond acceptors (Lipinski definition) is 3. The largest absolute Gasteiger partial charge is 0.466 e. The average Bonchev–Trinajstić information content (AvgIpc) is 2.84. The van der Waals surface area contributed by atoms with Gasteiger partial charge in [0.25, 0.3) is 11.8 Å². The van der Waals surface area contributed by atoms with Crippen LogP contribution in [-0.2, 0) is 0 Å². The standard InChI is InChI=1S/C14H10F4N2O3/c1-5-3-7(6(2)23-5)13(21)19-20-14(22)8-4-9(15)11(17)12(18)10(8)16/h3-4H,1-2H3,(H,19,21)(H,20,22). The van der Waals surface area contributed by atoms with E-state index in [0.717, 1.165) is 0 Å². The molecule has 9 heteroatoms. The molecule has 0 aliphatic heterocycles. The summed E-state index contributed by atoms with van der Waals surface area (Å²) >= 11 is 0. The summed E-state index contributed by atoms with van der Waals surface area (Å²) in [6.07, 6.45) is 0. The smallest absolute Gasteiger partial charge is 0.273 e. The molecule has 0 saturated carbocycles. The second-order valence-corrected chi connectivity index (χ2v) is 4.58. The summed E-state index contributed by atoms with van der Waals surface area (Å²) in [5.41, 5.74) is 2.72. The average molecular weight is 330 g/mol. The third kappa shape index (κ3) is 3.17. The van der Waals surface area contributed by atoms with Crippen molar-refractivity contribution < 1.29 is 31.6 Å². The van der Waals surface area contributed by atoms with E-state index >= 15 is 0 Å². The van der Waals surface area contributed by atoms with Gasteiger partial charge in [-0.2, -0.15) is 0 Å². The maximum absolute atomic E-state index is 13.4. The topological polar surface area (TPSA) is 71.3 Å². The highest BCUT2D eigenvalue weighted by atomic mass is 19.2. The summed E-state index contributed by atoms with van der Waals surface area (Å²) < 4.78 is 57.5. The zero-order valence-electron chi connectivity index (χ0n) is 11.9. The lowest BCUT2D eigenvalue weighted by Gasteiger charge is -2.08. The van der Waals surface area contributed by atoms with E-state index in [9.17, 15) is 27.2 Å². The Morgan fingerprint density at radius 2 is 1.43 bits per heavy atom. The Bertz CT molecular complexity index is 802. The van der Waals surface area contributed by atoms with Crippen LogP contribution in [-0.4, -0.2) is 11.8 Å². The predicted octanol–water partition coefficient (Wildman–Crippen LogP) is 2.53. The van der Waals surface area contributed by atoms with Crippen molar-refractivity contribution in [2.75, 3.05) is 0 Å². The van der Waals surface area contributed by atoms with Gasteiger partial charge in [0.2, 0.25) is 0 Å². The number of hydrazine groups is 1. The van der Waals surface area contributed by atoms with E-state index < -0.39 is 40.6 Å². The lowest BCUT2D eigenvalue weighted by Crippen LogP contribution is -2.42. The molecule has 23 heavy (non-hydrogen) atoms. The van der Waals surface area contributed by atoms with Crippen molar-refractivity contribution in [1.82, 2.24) is 10.9 Å². The van der Waals surface area contributed by atoms with E-state index in [1.165, 1.54) is 13.0 Å². The molecule has 2 N–H and O–H groups in total. The molecule has 0 unspecified atom stereocenters. The molecule has 0 bridgehead atoms. The number of halogens is 4. The summed E-state index contributed by atoms with van der Waals surface area (Å²) in [7, 11) is 0. The second-order valence-electron chi connectivity index (χ2n) is 4.58. The molecule has 0 aliphatic rings. The van der Waals surface area contributed by atoms with Gasteiger partial charge in [-0.1, -0.05) is 0 Å². The van der Waals surface area contributed by atoms with Gasteiger partial charge in [-0.3, -0.25) is 20.4 Å². The molecule has 0 spiro atoms. The zero-order chi connectivity index (χ0) is 17.3. The first kappa shape index (κ1) is 16.5. The van der Waals surface area contributed by atoms with Crippen molar-refractivity contribution in [2.45, 2.75) is 13.8 Å². The summed E-state index contributed by atoms with van der Waals surface area (Å²) in [6, 6.07) is 1.58. The van der Waals surface area contributed by atoms with Crippen LogP contribution in [0.2, 0.25) is 0 Å². The number of amides is 2. The summed E-state index contributed by atoms with van der Waals surface area (Å²) in [4.78, 5) is 23.5. The Hall–Kier alpha value is -2.84. The van der Waals surface area contributed by atoms with Crippen LogP contribution in [0.25, 0.3) is 0 Å². The molecule has 5 nitrogen and oxygen atoms in total. The molecule has 1 aromatic heterocycles. The first-order valence-corrected chi connectivity index (χ1v) is 6.23. The van der Waals surface area contributed by atoms with E-state index in [1.54, 1.807) is 12.3 Å². The maximum Gasteiger partial charge on any atom is 0.273 e. The third-order valence-corrected chi connectivity index (χ3v) is 2.92. The van der Waals surface area contributed by atoms with Gasteiger partial charge in [0.1, 0.15) is 11.5 Å². The first-order valence-electron chi connectivity index (χ1n) is 6.23. The van der Waals surface area contributed by atoms with Gasteiger partial charge in [0.15, 0.2) is 23.3 Å². The van der Waals surface area contributed by atoms with Gasteiger partial charge in [0.05, 0.1) is 11.1 Å². The number of carbonyl (C=O) groups excluding carboxylic acids is 2. The van der Waals surface area contributed by atoms with E-state index in [2.05, 4.69) is 0 Å².